The monoisotopic (exact) mass is 185 g/mol. The van der Waals surface area contributed by atoms with E-state index in [9.17, 15) is 4.39 Å². The van der Waals surface area contributed by atoms with Crippen molar-refractivity contribution in [3.63, 3.8) is 0 Å². The quantitative estimate of drug-likeness (QED) is 0.636. The zero-order valence-electron chi connectivity index (χ0n) is 7.92. The fourth-order valence-electron chi connectivity index (χ4n) is 1.44. The van der Waals surface area contributed by atoms with Crippen molar-refractivity contribution < 1.29 is 4.39 Å². The van der Waals surface area contributed by atoms with Crippen molar-refractivity contribution in [1.82, 2.24) is 0 Å². The summed E-state index contributed by atoms with van der Waals surface area (Å²) >= 11 is 0. The third-order valence-corrected chi connectivity index (χ3v) is 2.12. The van der Waals surface area contributed by atoms with Gasteiger partial charge < -0.3 is 0 Å². The standard InChI is InChI=1S/C13H10F/c1-10-5-4-6-11(9-10)12-7-2-3-8-13(12)14/h2-3,5-9H,1H3. The Bertz CT molecular complexity index is 446. The van der Waals surface area contributed by atoms with Crippen LogP contribution in [0, 0.1) is 18.8 Å². The first kappa shape index (κ1) is 8.95. The highest BCUT2D eigenvalue weighted by Gasteiger charge is 2.02. The average Bonchev–Trinajstić information content (AvgIpc) is 2.18. The van der Waals surface area contributed by atoms with Crippen LogP contribution in [0.1, 0.15) is 5.56 Å². The molecule has 0 N–H and O–H groups in total. The Labute approximate surface area is 83.0 Å². The molecular weight excluding hydrogens is 175 g/mol. The summed E-state index contributed by atoms with van der Waals surface area (Å²) < 4.78 is 13.4. The average molecular weight is 185 g/mol. The first-order chi connectivity index (χ1) is 6.77. The van der Waals surface area contributed by atoms with E-state index >= 15 is 0 Å². The van der Waals surface area contributed by atoms with Gasteiger partial charge in [-0.05, 0) is 36.2 Å². The molecule has 0 amide bonds. The maximum Gasteiger partial charge on any atom is 0.131 e. The summed E-state index contributed by atoms with van der Waals surface area (Å²) in [7, 11) is 0. The molecule has 0 nitrogen and oxygen atoms in total. The van der Waals surface area contributed by atoms with E-state index in [0.717, 1.165) is 11.1 Å². The Morgan fingerprint density at radius 2 is 1.93 bits per heavy atom. The van der Waals surface area contributed by atoms with Gasteiger partial charge in [0.25, 0.3) is 0 Å². The Morgan fingerprint density at radius 1 is 1.14 bits per heavy atom. The summed E-state index contributed by atoms with van der Waals surface area (Å²) in [5, 5.41) is 0. The predicted octanol–water partition coefficient (Wildman–Crippen LogP) is 3.60. The van der Waals surface area contributed by atoms with Crippen LogP contribution in [0.4, 0.5) is 4.39 Å². The number of hydrogen-bond donors (Lipinski definition) is 0. The summed E-state index contributed by atoms with van der Waals surface area (Å²) in [6.07, 6.45) is 0. The highest BCUT2D eigenvalue weighted by atomic mass is 19.1. The molecule has 69 valence electrons. The van der Waals surface area contributed by atoms with Crippen LogP contribution in [0.15, 0.2) is 42.5 Å². The molecule has 2 aromatic carbocycles. The van der Waals surface area contributed by atoms with Crippen LogP contribution in [0.5, 0.6) is 0 Å². The van der Waals surface area contributed by atoms with E-state index in [0.29, 0.717) is 5.56 Å². The van der Waals surface area contributed by atoms with Gasteiger partial charge in [0.15, 0.2) is 0 Å². The van der Waals surface area contributed by atoms with Crippen LogP contribution < -0.4 is 0 Å². The Kier molecular flexibility index (Phi) is 2.32. The number of hydrogen-bond acceptors (Lipinski definition) is 0. The highest BCUT2D eigenvalue weighted by molar-refractivity contribution is 5.64. The van der Waals surface area contributed by atoms with Crippen LogP contribution in [0.3, 0.4) is 0 Å². The number of halogens is 1. The molecule has 2 rings (SSSR count). The molecule has 0 saturated carbocycles. The molecule has 0 atom stereocenters. The maximum absolute atomic E-state index is 13.4. The van der Waals surface area contributed by atoms with Gasteiger partial charge in [0.2, 0.25) is 0 Å². The van der Waals surface area contributed by atoms with Crippen molar-refractivity contribution in [3.05, 3.63) is 59.9 Å². The molecule has 0 spiro atoms. The largest absolute Gasteiger partial charge is 0.206 e. The molecule has 0 saturated heterocycles. The summed E-state index contributed by atoms with van der Waals surface area (Å²) in [6, 6.07) is 15.4. The van der Waals surface area contributed by atoms with Gasteiger partial charge in [-0.1, -0.05) is 30.3 Å². The molecule has 1 heteroatoms. The molecular formula is C13H10F. The van der Waals surface area contributed by atoms with Crippen molar-refractivity contribution in [1.29, 1.82) is 0 Å². The van der Waals surface area contributed by atoms with E-state index in [1.807, 2.05) is 25.1 Å². The smallest absolute Gasteiger partial charge is 0.131 e. The van der Waals surface area contributed by atoms with E-state index < -0.39 is 0 Å². The maximum atomic E-state index is 13.4. The van der Waals surface area contributed by atoms with Gasteiger partial charge in [0.1, 0.15) is 5.82 Å². The van der Waals surface area contributed by atoms with E-state index in [1.54, 1.807) is 18.2 Å². The van der Waals surface area contributed by atoms with Gasteiger partial charge in [0, 0.05) is 5.56 Å². The summed E-state index contributed by atoms with van der Waals surface area (Å²) in [5.74, 6) is -0.188. The van der Waals surface area contributed by atoms with E-state index in [4.69, 9.17) is 0 Å². The van der Waals surface area contributed by atoms with Crippen LogP contribution in [0.25, 0.3) is 11.1 Å². The minimum atomic E-state index is -0.188. The van der Waals surface area contributed by atoms with Crippen molar-refractivity contribution in [3.8, 4) is 11.1 Å². The highest BCUT2D eigenvalue weighted by Crippen LogP contribution is 2.22. The minimum Gasteiger partial charge on any atom is -0.206 e. The molecule has 0 unspecified atom stereocenters. The van der Waals surface area contributed by atoms with Gasteiger partial charge in [-0.3, -0.25) is 0 Å². The molecule has 0 aliphatic rings. The van der Waals surface area contributed by atoms with Crippen molar-refractivity contribution >= 4 is 0 Å². The topological polar surface area (TPSA) is 0 Å². The molecule has 1 radical (unpaired) electrons. The number of benzene rings is 2. The first-order valence-electron chi connectivity index (χ1n) is 4.50. The van der Waals surface area contributed by atoms with Gasteiger partial charge in [0.05, 0.1) is 0 Å². The second-order valence-corrected chi connectivity index (χ2v) is 3.28. The normalized spacial score (nSPS) is 10.1. The van der Waals surface area contributed by atoms with Crippen molar-refractivity contribution in [2.45, 2.75) is 6.92 Å². The van der Waals surface area contributed by atoms with Crippen molar-refractivity contribution in [2.75, 3.05) is 0 Å². The molecule has 0 aliphatic heterocycles. The molecule has 0 aliphatic carbocycles. The molecule has 0 bridgehead atoms. The third-order valence-electron chi connectivity index (χ3n) is 2.12. The van der Waals surface area contributed by atoms with Crippen molar-refractivity contribution in [2.24, 2.45) is 0 Å². The van der Waals surface area contributed by atoms with Crippen LogP contribution >= 0.6 is 0 Å². The predicted molar refractivity (Wildman–Crippen MR) is 55.4 cm³/mol. The van der Waals surface area contributed by atoms with Gasteiger partial charge in [-0.25, -0.2) is 4.39 Å². The molecule has 14 heavy (non-hydrogen) atoms. The van der Waals surface area contributed by atoms with Gasteiger partial charge in [-0.15, -0.1) is 0 Å². The Balaban J connectivity index is 2.55. The van der Waals surface area contributed by atoms with Crippen LogP contribution in [0.2, 0.25) is 0 Å². The van der Waals surface area contributed by atoms with Gasteiger partial charge >= 0.3 is 0 Å². The zero-order chi connectivity index (χ0) is 9.97. The fraction of sp³-hybridized carbons (Fsp3) is 0.0769. The van der Waals surface area contributed by atoms with E-state index in [2.05, 4.69) is 6.07 Å². The number of aryl methyl sites for hydroxylation is 1. The minimum absolute atomic E-state index is 0.188. The number of rotatable bonds is 1. The summed E-state index contributed by atoms with van der Waals surface area (Å²) in [4.78, 5) is 0. The van der Waals surface area contributed by atoms with Crippen LogP contribution in [-0.2, 0) is 0 Å². The summed E-state index contributed by atoms with van der Waals surface area (Å²) in [6.45, 7) is 1.97. The lowest BCUT2D eigenvalue weighted by Gasteiger charge is -2.03. The second-order valence-electron chi connectivity index (χ2n) is 3.28. The summed E-state index contributed by atoms with van der Waals surface area (Å²) in [5.41, 5.74) is 2.60. The van der Waals surface area contributed by atoms with Crippen LogP contribution in [-0.4, -0.2) is 0 Å². The Morgan fingerprint density at radius 3 is 2.64 bits per heavy atom. The fourth-order valence-corrected chi connectivity index (χ4v) is 1.44. The van der Waals surface area contributed by atoms with E-state index in [1.165, 1.54) is 6.07 Å². The van der Waals surface area contributed by atoms with Gasteiger partial charge in [-0.2, -0.15) is 0 Å². The lowest BCUT2D eigenvalue weighted by Crippen LogP contribution is -1.83. The third kappa shape index (κ3) is 1.67. The Hall–Kier alpha value is -1.63. The molecule has 0 heterocycles. The molecule has 0 aromatic heterocycles. The molecule has 2 aromatic rings. The SMILES string of the molecule is Cc1c[c]cc(-c2ccccc2F)c1. The second kappa shape index (κ2) is 3.62. The zero-order valence-corrected chi connectivity index (χ0v) is 7.92. The lowest BCUT2D eigenvalue weighted by atomic mass is 10.0. The first-order valence-corrected chi connectivity index (χ1v) is 4.50. The van der Waals surface area contributed by atoms with E-state index in [-0.39, 0.29) is 5.82 Å². The lowest BCUT2D eigenvalue weighted by molar-refractivity contribution is 0.631. The molecule has 0 fully saturated rings.